The summed E-state index contributed by atoms with van der Waals surface area (Å²) in [6.45, 7) is 4.32. The van der Waals surface area contributed by atoms with Gasteiger partial charge in [0.15, 0.2) is 5.58 Å². The molecule has 0 N–H and O–H groups in total. The van der Waals surface area contributed by atoms with Crippen LogP contribution in [0.4, 0.5) is 6.01 Å². The first-order chi connectivity index (χ1) is 8.28. The minimum Gasteiger partial charge on any atom is -0.423 e. The van der Waals surface area contributed by atoms with Crippen LogP contribution in [-0.2, 0) is 4.79 Å². The number of nitrogens with zero attached hydrogens (tertiary/aromatic N) is 2. The molecule has 1 aromatic heterocycles. The van der Waals surface area contributed by atoms with Crippen molar-refractivity contribution in [3.8, 4) is 0 Å². The Labute approximate surface area is 98.5 Å². The summed E-state index contributed by atoms with van der Waals surface area (Å²) in [5.74, 6) is 0.235. The van der Waals surface area contributed by atoms with Crippen molar-refractivity contribution in [2.75, 3.05) is 11.4 Å². The molecule has 1 aliphatic heterocycles. The lowest BCUT2D eigenvalue weighted by Gasteiger charge is -2.09. The molecule has 1 saturated heterocycles. The summed E-state index contributed by atoms with van der Waals surface area (Å²) in [6, 6.07) is 7.88. The molecular weight excluding hydrogens is 216 g/mol. The third kappa shape index (κ3) is 1.62. The minimum atomic E-state index is 0.0430. The maximum Gasteiger partial charge on any atom is 0.305 e. The maximum absolute atomic E-state index is 11.8. The number of fused-ring (bicyclic) bond motifs is 1. The smallest absolute Gasteiger partial charge is 0.305 e. The van der Waals surface area contributed by atoms with Crippen LogP contribution in [0, 0.1) is 5.92 Å². The molecule has 4 nitrogen and oxygen atoms in total. The molecule has 2 heterocycles. The van der Waals surface area contributed by atoms with Gasteiger partial charge in [-0.15, -0.1) is 6.58 Å². The summed E-state index contributed by atoms with van der Waals surface area (Å²) in [5, 5.41) is 0. The molecule has 4 heteroatoms. The molecule has 1 aromatic carbocycles. The van der Waals surface area contributed by atoms with E-state index in [1.807, 2.05) is 24.3 Å². The number of hydrogen-bond donors (Lipinski definition) is 0. The minimum absolute atomic E-state index is 0.0430. The number of para-hydroxylation sites is 2. The predicted molar refractivity (Wildman–Crippen MR) is 64.7 cm³/mol. The number of oxazole rings is 1. The maximum atomic E-state index is 11.8. The number of hydrogen-bond acceptors (Lipinski definition) is 3. The number of benzene rings is 1. The highest BCUT2D eigenvalue weighted by Crippen LogP contribution is 2.27. The van der Waals surface area contributed by atoms with Gasteiger partial charge in [-0.05, 0) is 12.1 Å². The van der Waals surface area contributed by atoms with Gasteiger partial charge in [-0.25, -0.2) is 0 Å². The highest BCUT2D eigenvalue weighted by molar-refractivity contribution is 5.95. The van der Waals surface area contributed by atoms with Gasteiger partial charge in [-0.3, -0.25) is 9.69 Å². The quantitative estimate of drug-likeness (QED) is 0.741. The van der Waals surface area contributed by atoms with E-state index in [1.54, 1.807) is 11.0 Å². The van der Waals surface area contributed by atoms with Gasteiger partial charge in [0.25, 0.3) is 0 Å². The van der Waals surface area contributed by atoms with Gasteiger partial charge < -0.3 is 4.42 Å². The molecule has 2 aromatic rings. The standard InChI is InChI=1S/C13H12N2O2/c1-2-9-7-12(16)15(8-9)13-14-10-5-3-4-6-11(10)17-13/h2-6,9H,1,7-8H2. The lowest BCUT2D eigenvalue weighted by atomic mass is 10.1. The average molecular weight is 228 g/mol. The first-order valence-electron chi connectivity index (χ1n) is 5.56. The van der Waals surface area contributed by atoms with E-state index >= 15 is 0 Å². The highest BCUT2D eigenvalue weighted by Gasteiger charge is 2.31. The number of amides is 1. The summed E-state index contributed by atoms with van der Waals surface area (Å²) in [5.41, 5.74) is 1.48. The van der Waals surface area contributed by atoms with Gasteiger partial charge in [0.1, 0.15) is 5.52 Å². The summed E-state index contributed by atoms with van der Waals surface area (Å²) in [7, 11) is 0. The second kappa shape index (κ2) is 3.73. The Balaban J connectivity index is 1.98. The van der Waals surface area contributed by atoms with Gasteiger partial charge in [-0.1, -0.05) is 18.2 Å². The summed E-state index contributed by atoms with van der Waals surface area (Å²) in [4.78, 5) is 17.7. The predicted octanol–water partition coefficient (Wildman–Crippen LogP) is 2.37. The zero-order valence-electron chi connectivity index (χ0n) is 9.30. The summed E-state index contributed by atoms with van der Waals surface area (Å²) in [6.07, 6.45) is 2.29. The van der Waals surface area contributed by atoms with Crippen LogP contribution in [0.2, 0.25) is 0 Å². The number of carbonyl (C=O) groups excluding carboxylic acids is 1. The molecule has 1 atom stereocenters. The van der Waals surface area contributed by atoms with Crippen LogP contribution in [0.3, 0.4) is 0 Å². The Morgan fingerprint density at radius 2 is 2.29 bits per heavy atom. The fourth-order valence-electron chi connectivity index (χ4n) is 2.05. The van der Waals surface area contributed by atoms with E-state index in [0.717, 1.165) is 5.52 Å². The molecule has 0 saturated carbocycles. The van der Waals surface area contributed by atoms with Crippen molar-refractivity contribution >= 4 is 23.0 Å². The summed E-state index contributed by atoms with van der Waals surface area (Å²) < 4.78 is 5.57. The van der Waals surface area contributed by atoms with E-state index in [0.29, 0.717) is 24.6 Å². The van der Waals surface area contributed by atoms with Crippen LogP contribution < -0.4 is 4.90 Å². The summed E-state index contributed by atoms with van der Waals surface area (Å²) >= 11 is 0. The average Bonchev–Trinajstić information content (AvgIpc) is 2.91. The second-order valence-corrected chi connectivity index (χ2v) is 4.17. The highest BCUT2D eigenvalue weighted by atomic mass is 16.4. The van der Waals surface area contributed by atoms with Crippen molar-refractivity contribution in [1.29, 1.82) is 0 Å². The Morgan fingerprint density at radius 1 is 1.47 bits per heavy atom. The molecule has 17 heavy (non-hydrogen) atoms. The van der Waals surface area contributed by atoms with Crippen molar-refractivity contribution in [3.63, 3.8) is 0 Å². The van der Waals surface area contributed by atoms with Crippen molar-refractivity contribution < 1.29 is 9.21 Å². The van der Waals surface area contributed by atoms with E-state index in [4.69, 9.17) is 4.42 Å². The van der Waals surface area contributed by atoms with Crippen LogP contribution in [-0.4, -0.2) is 17.4 Å². The lowest BCUT2D eigenvalue weighted by Crippen LogP contribution is -2.24. The molecular formula is C13H12N2O2. The SMILES string of the molecule is C=CC1CC(=O)N(c2nc3ccccc3o2)C1. The number of anilines is 1. The first-order valence-corrected chi connectivity index (χ1v) is 5.56. The molecule has 1 amide bonds. The Kier molecular flexibility index (Phi) is 2.21. The van der Waals surface area contributed by atoms with E-state index in [-0.39, 0.29) is 11.8 Å². The van der Waals surface area contributed by atoms with E-state index in [9.17, 15) is 4.79 Å². The Bertz CT molecular complexity index is 555. The molecule has 0 spiro atoms. The second-order valence-electron chi connectivity index (χ2n) is 4.17. The molecule has 1 aliphatic rings. The monoisotopic (exact) mass is 228 g/mol. The molecule has 0 aliphatic carbocycles. The lowest BCUT2D eigenvalue weighted by molar-refractivity contribution is -0.117. The van der Waals surface area contributed by atoms with Crippen LogP contribution in [0.25, 0.3) is 11.1 Å². The number of aromatic nitrogens is 1. The zero-order valence-corrected chi connectivity index (χ0v) is 9.30. The number of carbonyl (C=O) groups is 1. The fraction of sp³-hybridized carbons (Fsp3) is 0.231. The van der Waals surface area contributed by atoms with Crippen molar-refractivity contribution in [2.45, 2.75) is 6.42 Å². The van der Waals surface area contributed by atoms with Gasteiger partial charge in [0.2, 0.25) is 5.91 Å². The van der Waals surface area contributed by atoms with Gasteiger partial charge in [0, 0.05) is 18.9 Å². The van der Waals surface area contributed by atoms with Crippen molar-refractivity contribution in [2.24, 2.45) is 5.92 Å². The normalized spacial score (nSPS) is 20.1. The number of rotatable bonds is 2. The largest absolute Gasteiger partial charge is 0.423 e. The van der Waals surface area contributed by atoms with Crippen LogP contribution >= 0.6 is 0 Å². The topological polar surface area (TPSA) is 46.3 Å². The fourth-order valence-corrected chi connectivity index (χ4v) is 2.05. The molecule has 1 unspecified atom stereocenters. The van der Waals surface area contributed by atoms with E-state index in [2.05, 4.69) is 11.6 Å². The molecule has 86 valence electrons. The molecule has 0 radical (unpaired) electrons. The van der Waals surface area contributed by atoms with E-state index in [1.165, 1.54) is 0 Å². The Hall–Kier alpha value is -2.10. The zero-order chi connectivity index (χ0) is 11.8. The Morgan fingerprint density at radius 3 is 3.00 bits per heavy atom. The van der Waals surface area contributed by atoms with Gasteiger partial charge >= 0.3 is 6.01 Å². The first kappa shape index (κ1) is 10.1. The van der Waals surface area contributed by atoms with Crippen molar-refractivity contribution in [3.05, 3.63) is 36.9 Å². The molecule has 1 fully saturated rings. The van der Waals surface area contributed by atoms with Gasteiger partial charge in [-0.2, -0.15) is 4.98 Å². The van der Waals surface area contributed by atoms with Gasteiger partial charge in [0.05, 0.1) is 0 Å². The third-order valence-electron chi connectivity index (χ3n) is 3.00. The molecule has 0 bridgehead atoms. The van der Waals surface area contributed by atoms with Crippen molar-refractivity contribution in [1.82, 2.24) is 4.98 Å². The third-order valence-corrected chi connectivity index (χ3v) is 3.00. The van der Waals surface area contributed by atoms with Crippen LogP contribution in [0.1, 0.15) is 6.42 Å². The van der Waals surface area contributed by atoms with Crippen LogP contribution in [0.15, 0.2) is 41.3 Å². The van der Waals surface area contributed by atoms with Crippen LogP contribution in [0.5, 0.6) is 0 Å². The molecule has 3 rings (SSSR count). The van der Waals surface area contributed by atoms with E-state index < -0.39 is 0 Å².